The van der Waals surface area contributed by atoms with Crippen molar-refractivity contribution in [1.82, 2.24) is 0 Å². The fraction of sp³-hybridized carbons (Fsp3) is 0.333. The summed E-state index contributed by atoms with van der Waals surface area (Å²) in [5, 5.41) is 0. The highest BCUT2D eigenvalue weighted by Gasteiger charge is 2.77. The van der Waals surface area contributed by atoms with Gasteiger partial charge in [-0.05, 0) is 11.1 Å². The van der Waals surface area contributed by atoms with Crippen LogP contribution in [0.2, 0.25) is 0 Å². The van der Waals surface area contributed by atoms with Gasteiger partial charge < -0.3 is 0 Å². The number of halogens is 1. The molecule has 124 valence electrons. The van der Waals surface area contributed by atoms with Crippen LogP contribution in [0, 0.1) is 0 Å². The molecular weight excluding hydrogens is 384 g/mol. The molecule has 22 heavy (non-hydrogen) atoms. The first-order valence-corrected chi connectivity index (χ1v) is 10.1. The largest absolute Gasteiger partial charge is 0.292 e. The van der Waals surface area contributed by atoms with Gasteiger partial charge in [-0.1, -0.05) is 35.9 Å². The first-order chi connectivity index (χ1) is 9.70. The van der Waals surface area contributed by atoms with E-state index in [0.29, 0.717) is 0 Å². The van der Waals surface area contributed by atoms with E-state index in [0.717, 1.165) is 12.1 Å². The van der Waals surface area contributed by atoms with Crippen molar-refractivity contribution in [2.75, 3.05) is 0 Å². The molecule has 0 bridgehead atoms. The third-order valence-electron chi connectivity index (χ3n) is 3.47. The van der Waals surface area contributed by atoms with Crippen molar-refractivity contribution < 1.29 is 38.9 Å². The second-order valence-corrected chi connectivity index (χ2v) is 10.5. The lowest BCUT2D eigenvalue weighted by atomic mass is 10.1. The standard InChI is InChI=1S/C9H9ClO9S3/c10-9(22(17,18)19)7-4-2-1-3-6(7)5-8(9,20(11,12)13)21(14,15)16/h1-4H,5H2,(H,11,12,13)(H,14,15,16)(H,17,18,19). The molecule has 3 N–H and O–H groups in total. The molecule has 1 atom stereocenters. The van der Waals surface area contributed by atoms with Gasteiger partial charge in [0.2, 0.25) is 4.21 Å². The molecule has 0 fully saturated rings. The maximum absolute atomic E-state index is 11.7. The molecule has 1 aromatic rings. The highest BCUT2D eigenvalue weighted by Crippen LogP contribution is 2.58. The van der Waals surface area contributed by atoms with Crippen molar-refractivity contribution in [3.63, 3.8) is 0 Å². The summed E-state index contributed by atoms with van der Waals surface area (Å²) < 4.78 is 90.9. The number of hydrogen-bond acceptors (Lipinski definition) is 6. The molecule has 0 radical (unpaired) electrons. The van der Waals surface area contributed by atoms with E-state index in [4.69, 9.17) is 11.6 Å². The van der Waals surface area contributed by atoms with E-state index in [1.54, 1.807) is 0 Å². The van der Waals surface area contributed by atoms with Crippen molar-refractivity contribution >= 4 is 42.0 Å². The molecule has 0 heterocycles. The van der Waals surface area contributed by atoms with Gasteiger partial charge in [0.1, 0.15) is 0 Å². The quantitative estimate of drug-likeness (QED) is 0.474. The molecule has 1 aromatic carbocycles. The highest BCUT2D eigenvalue weighted by molar-refractivity contribution is 8.07. The Hall–Kier alpha value is -0.760. The minimum absolute atomic E-state index is 0.189. The Balaban J connectivity index is 3.13. The highest BCUT2D eigenvalue weighted by atomic mass is 35.5. The summed E-state index contributed by atoms with van der Waals surface area (Å²) in [5.41, 5.74) is -0.764. The van der Waals surface area contributed by atoms with Gasteiger partial charge in [-0.2, -0.15) is 25.3 Å². The Labute approximate surface area is 131 Å². The number of fused-ring (bicyclic) bond motifs is 1. The zero-order valence-electron chi connectivity index (χ0n) is 10.4. The van der Waals surface area contributed by atoms with Crippen LogP contribution in [0.1, 0.15) is 11.1 Å². The fourth-order valence-electron chi connectivity index (χ4n) is 2.54. The average molecular weight is 393 g/mol. The lowest BCUT2D eigenvalue weighted by Crippen LogP contribution is -2.60. The SMILES string of the molecule is O=S(=O)(O)C1(Cl)c2ccccc2CC1(S(=O)(=O)O)S(=O)(=O)O. The van der Waals surface area contributed by atoms with Crippen LogP contribution in [0.3, 0.4) is 0 Å². The summed E-state index contributed by atoms with van der Waals surface area (Å²) in [6.45, 7) is 0. The predicted octanol–water partition coefficient (Wildman–Crippen LogP) is -0.00600. The molecule has 1 aliphatic rings. The second kappa shape index (κ2) is 4.63. The molecule has 9 nitrogen and oxygen atoms in total. The van der Waals surface area contributed by atoms with Crippen LogP contribution in [-0.2, 0) is 41.0 Å². The summed E-state index contributed by atoms with van der Waals surface area (Å²) >= 11 is 5.75. The zero-order valence-corrected chi connectivity index (χ0v) is 13.6. The van der Waals surface area contributed by atoms with Gasteiger partial charge in [0.25, 0.3) is 34.4 Å². The minimum atomic E-state index is -5.79. The normalized spacial score (nSPS) is 24.9. The number of benzene rings is 1. The Morgan fingerprint density at radius 3 is 1.73 bits per heavy atom. The fourth-order valence-corrected chi connectivity index (χ4v) is 8.21. The van der Waals surface area contributed by atoms with Crippen LogP contribution < -0.4 is 0 Å². The van der Waals surface area contributed by atoms with Crippen molar-refractivity contribution in [1.29, 1.82) is 0 Å². The first-order valence-electron chi connectivity index (χ1n) is 5.38. The molecule has 0 saturated carbocycles. The smallest absolute Gasteiger partial charge is 0.284 e. The van der Waals surface area contributed by atoms with Crippen molar-refractivity contribution in [3.8, 4) is 0 Å². The van der Waals surface area contributed by atoms with Crippen LogP contribution in [0.15, 0.2) is 24.3 Å². The van der Waals surface area contributed by atoms with E-state index in [9.17, 15) is 38.9 Å². The Bertz CT molecular complexity index is 916. The maximum atomic E-state index is 11.7. The number of rotatable bonds is 3. The first kappa shape index (κ1) is 17.6. The lowest BCUT2D eigenvalue weighted by molar-refractivity contribution is 0.394. The van der Waals surface area contributed by atoms with Gasteiger partial charge in [-0.25, -0.2) is 0 Å². The van der Waals surface area contributed by atoms with Crippen LogP contribution in [0.25, 0.3) is 0 Å². The van der Waals surface area contributed by atoms with Crippen molar-refractivity contribution in [2.45, 2.75) is 14.7 Å². The van der Waals surface area contributed by atoms with Crippen LogP contribution in [0.4, 0.5) is 0 Å². The zero-order chi connectivity index (χ0) is 17.2. The third kappa shape index (κ3) is 1.95. The predicted molar refractivity (Wildman–Crippen MR) is 75.1 cm³/mol. The maximum Gasteiger partial charge on any atom is 0.292 e. The van der Waals surface area contributed by atoms with Gasteiger partial charge in [-0.15, -0.1) is 0 Å². The Morgan fingerprint density at radius 1 is 0.864 bits per heavy atom. The molecular formula is C9H9ClO9S3. The molecule has 0 aliphatic heterocycles. The molecule has 0 spiro atoms. The summed E-state index contributed by atoms with van der Waals surface area (Å²) in [6, 6.07) is 4.65. The van der Waals surface area contributed by atoms with Gasteiger partial charge in [0, 0.05) is 6.42 Å². The lowest BCUT2D eigenvalue weighted by Gasteiger charge is -2.33. The van der Waals surface area contributed by atoms with Crippen LogP contribution >= 0.6 is 11.6 Å². The summed E-state index contributed by atoms with van der Waals surface area (Å²) in [6.07, 6.45) is -1.16. The summed E-state index contributed by atoms with van der Waals surface area (Å²) in [5.74, 6) is 0. The van der Waals surface area contributed by atoms with E-state index in [-0.39, 0.29) is 5.56 Å². The number of alkyl halides is 1. The minimum Gasteiger partial charge on any atom is -0.284 e. The molecule has 0 amide bonds. The van der Waals surface area contributed by atoms with Gasteiger partial charge in [0.05, 0.1) is 0 Å². The van der Waals surface area contributed by atoms with Crippen LogP contribution in [-0.4, -0.2) is 43.0 Å². The second-order valence-electron chi connectivity index (χ2n) is 4.61. The van der Waals surface area contributed by atoms with E-state index < -0.39 is 50.6 Å². The molecule has 13 heteroatoms. The van der Waals surface area contributed by atoms with Gasteiger partial charge in [-0.3, -0.25) is 13.7 Å². The van der Waals surface area contributed by atoms with E-state index >= 15 is 0 Å². The third-order valence-corrected chi connectivity index (χ3v) is 10.2. The van der Waals surface area contributed by atoms with Crippen molar-refractivity contribution in [3.05, 3.63) is 35.4 Å². The topological polar surface area (TPSA) is 163 Å². The molecule has 1 aliphatic carbocycles. The molecule has 1 unspecified atom stereocenters. The van der Waals surface area contributed by atoms with Gasteiger partial charge in [0.15, 0.2) is 0 Å². The number of hydrogen-bond donors (Lipinski definition) is 3. The van der Waals surface area contributed by atoms with Crippen LogP contribution in [0.5, 0.6) is 0 Å². The van der Waals surface area contributed by atoms with E-state index in [1.807, 2.05) is 0 Å². The average Bonchev–Trinajstić information content (AvgIpc) is 2.60. The van der Waals surface area contributed by atoms with E-state index in [2.05, 4.69) is 0 Å². The molecule has 0 aromatic heterocycles. The molecule has 2 rings (SSSR count). The Morgan fingerprint density at radius 2 is 1.32 bits per heavy atom. The van der Waals surface area contributed by atoms with Gasteiger partial charge >= 0.3 is 0 Å². The molecule has 0 saturated heterocycles. The van der Waals surface area contributed by atoms with E-state index in [1.165, 1.54) is 12.1 Å². The van der Waals surface area contributed by atoms with Crippen molar-refractivity contribution in [2.24, 2.45) is 0 Å². The monoisotopic (exact) mass is 392 g/mol. The Kier molecular flexibility index (Phi) is 3.70. The summed E-state index contributed by atoms with van der Waals surface area (Å²) in [4.78, 5) is 0. The summed E-state index contributed by atoms with van der Waals surface area (Å²) in [7, 11) is -17.2.